The van der Waals surface area contributed by atoms with Crippen LogP contribution in [0.25, 0.3) is 0 Å². The van der Waals surface area contributed by atoms with Crippen molar-refractivity contribution in [3.8, 4) is 0 Å². The highest BCUT2D eigenvalue weighted by molar-refractivity contribution is 7.53. The van der Waals surface area contributed by atoms with Crippen LogP contribution in [0.4, 0.5) is 0 Å². The summed E-state index contributed by atoms with van der Waals surface area (Å²) < 4.78 is 32.8. The summed E-state index contributed by atoms with van der Waals surface area (Å²) in [5.74, 6) is 2.88. The molecule has 3 fully saturated rings. The summed E-state index contributed by atoms with van der Waals surface area (Å²) in [4.78, 5) is 12.1. The Kier molecular flexibility index (Phi) is 10.5. The number of fused-ring (bicyclic) bond motifs is 5. The maximum absolute atomic E-state index is 13.0. The molecule has 0 saturated heterocycles. The van der Waals surface area contributed by atoms with E-state index in [1.807, 2.05) is 13.0 Å². The number of carbonyl (C=O) groups excluding carboxylic acids is 1. The summed E-state index contributed by atoms with van der Waals surface area (Å²) >= 11 is 11.7. The number of hydrogen-bond donors (Lipinski definition) is 1. The number of alkyl halides is 2. The van der Waals surface area contributed by atoms with Gasteiger partial charge in [0.15, 0.2) is 12.1 Å². The highest BCUT2D eigenvalue weighted by Crippen LogP contribution is 2.65. The third-order valence-electron chi connectivity index (χ3n) is 10.3. The fraction of sp³-hybridized carbons (Fsp3) is 0.893. The van der Waals surface area contributed by atoms with E-state index in [0.717, 1.165) is 25.7 Å². The smallest absolute Gasteiger partial charge is 0.340 e. The highest BCUT2D eigenvalue weighted by atomic mass is 35.5. The Labute approximate surface area is 239 Å². The number of allylic oxidation sites excluding steroid dienone is 1. The van der Waals surface area contributed by atoms with Crippen LogP contribution in [0.2, 0.25) is 0 Å². The molecule has 2 N–H and O–H groups in total. The van der Waals surface area contributed by atoms with Gasteiger partial charge in [0.25, 0.3) is 0 Å². The molecule has 0 amide bonds. The van der Waals surface area contributed by atoms with E-state index in [4.69, 9.17) is 42.7 Å². The van der Waals surface area contributed by atoms with Gasteiger partial charge in [0.1, 0.15) is 0 Å². The standard InChI is InChI=1S/C28H47Cl2N2O5P/c1-4-35-26(11-18-36-38(31,34)32(16-14-29)17-15-30)37-25-8-7-23-22-6-5-20-19-21(33)9-12-27(20,2)24(22)10-13-28(23,25)3/h19,22-26H,4-18H2,1-3H3,(H2,31,34)/t22?,23?,24?,25-,26?,27-,28-,38?/m0/s1. The molecule has 218 valence electrons. The van der Waals surface area contributed by atoms with Gasteiger partial charge in [-0.2, -0.15) is 0 Å². The number of halogens is 2. The van der Waals surface area contributed by atoms with Crippen LogP contribution in [-0.2, 0) is 23.4 Å². The number of rotatable bonds is 13. The molecule has 38 heavy (non-hydrogen) atoms. The van der Waals surface area contributed by atoms with Crippen molar-refractivity contribution in [2.45, 2.75) is 91.0 Å². The van der Waals surface area contributed by atoms with Crippen LogP contribution in [0.5, 0.6) is 0 Å². The van der Waals surface area contributed by atoms with Gasteiger partial charge in [-0.25, -0.2) is 10.2 Å². The molecular formula is C28H47Cl2N2O5P. The Morgan fingerprint density at radius 1 is 1.11 bits per heavy atom. The average molecular weight is 594 g/mol. The van der Waals surface area contributed by atoms with Crippen LogP contribution in [-0.4, -0.2) is 60.9 Å². The third kappa shape index (κ3) is 6.26. The Hall–Kier alpha value is 0.0200. The number of nitrogens with two attached hydrogens (primary N) is 1. The van der Waals surface area contributed by atoms with Gasteiger partial charge >= 0.3 is 7.67 Å². The first-order valence-electron chi connectivity index (χ1n) is 14.5. The van der Waals surface area contributed by atoms with Gasteiger partial charge < -0.3 is 14.0 Å². The molecule has 5 unspecified atom stereocenters. The number of carbonyl (C=O) groups is 1. The second-order valence-electron chi connectivity index (χ2n) is 12.1. The monoisotopic (exact) mass is 592 g/mol. The first kappa shape index (κ1) is 31.0. The zero-order valence-corrected chi connectivity index (χ0v) is 25.7. The third-order valence-corrected chi connectivity index (χ3v) is 12.3. The lowest BCUT2D eigenvalue weighted by molar-refractivity contribution is -0.205. The van der Waals surface area contributed by atoms with Gasteiger partial charge in [-0.05, 0) is 86.5 Å². The van der Waals surface area contributed by atoms with Crippen LogP contribution in [0.1, 0.15) is 78.6 Å². The second kappa shape index (κ2) is 12.9. The molecule has 0 aromatic carbocycles. The minimum absolute atomic E-state index is 0.111. The van der Waals surface area contributed by atoms with E-state index >= 15 is 0 Å². The van der Waals surface area contributed by atoms with E-state index in [1.54, 1.807) is 0 Å². The predicted molar refractivity (Wildman–Crippen MR) is 152 cm³/mol. The van der Waals surface area contributed by atoms with Crippen LogP contribution in [0, 0.1) is 28.6 Å². The zero-order valence-electron chi connectivity index (χ0n) is 23.3. The molecule has 4 rings (SSSR count). The summed E-state index contributed by atoms with van der Waals surface area (Å²) in [5, 5.41) is 0. The van der Waals surface area contributed by atoms with Crippen LogP contribution in [0.15, 0.2) is 11.6 Å². The number of ketones is 1. The molecule has 8 atom stereocenters. The average Bonchev–Trinajstić information content (AvgIpc) is 3.20. The Morgan fingerprint density at radius 2 is 1.84 bits per heavy atom. The van der Waals surface area contributed by atoms with E-state index < -0.39 is 14.0 Å². The molecule has 0 radical (unpaired) electrons. The van der Waals surface area contributed by atoms with Crippen LogP contribution in [0.3, 0.4) is 0 Å². The second-order valence-corrected chi connectivity index (χ2v) is 14.8. The van der Waals surface area contributed by atoms with Crippen molar-refractivity contribution in [2.24, 2.45) is 34.1 Å². The molecule has 0 bridgehead atoms. The van der Waals surface area contributed by atoms with E-state index in [2.05, 4.69) is 13.8 Å². The van der Waals surface area contributed by atoms with Gasteiger partial charge in [0.05, 0.1) is 12.7 Å². The van der Waals surface area contributed by atoms with Gasteiger partial charge in [-0.3, -0.25) is 9.36 Å². The molecule has 7 nitrogen and oxygen atoms in total. The lowest BCUT2D eigenvalue weighted by Crippen LogP contribution is -2.52. The summed E-state index contributed by atoms with van der Waals surface area (Å²) in [5.41, 5.74) is 7.73. The zero-order chi connectivity index (χ0) is 27.6. The molecule has 10 heteroatoms. The van der Waals surface area contributed by atoms with Crippen molar-refractivity contribution in [2.75, 3.05) is 38.1 Å². The Morgan fingerprint density at radius 3 is 2.53 bits per heavy atom. The minimum Gasteiger partial charge on any atom is -0.353 e. The molecule has 0 aromatic rings. The van der Waals surface area contributed by atoms with Crippen molar-refractivity contribution < 1.29 is 23.4 Å². The normalized spacial score (nSPS) is 37.2. The highest BCUT2D eigenvalue weighted by Gasteiger charge is 2.59. The number of hydrogen-bond acceptors (Lipinski definition) is 5. The summed E-state index contributed by atoms with van der Waals surface area (Å²) in [6.45, 7) is 8.21. The Balaban J connectivity index is 1.38. The first-order valence-corrected chi connectivity index (χ1v) is 17.2. The fourth-order valence-electron chi connectivity index (χ4n) is 8.24. The Bertz CT molecular complexity index is 916. The molecule has 0 spiro atoms. The van der Waals surface area contributed by atoms with Gasteiger partial charge in [-0.15, -0.1) is 23.2 Å². The van der Waals surface area contributed by atoms with Crippen molar-refractivity contribution in [3.05, 3.63) is 11.6 Å². The van der Waals surface area contributed by atoms with E-state index in [9.17, 15) is 9.36 Å². The molecule has 0 aliphatic heterocycles. The van der Waals surface area contributed by atoms with Crippen LogP contribution >= 0.6 is 30.9 Å². The van der Waals surface area contributed by atoms with Crippen molar-refractivity contribution in [3.63, 3.8) is 0 Å². The maximum Gasteiger partial charge on any atom is 0.340 e. The first-order chi connectivity index (χ1) is 18.1. The molecule has 3 saturated carbocycles. The summed E-state index contributed by atoms with van der Waals surface area (Å²) in [6.07, 6.45) is 10.6. The maximum atomic E-state index is 13.0. The van der Waals surface area contributed by atoms with Gasteiger partial charge in [0, 0.05) is 44.3 Å². The fourth-order valence-corrected chi connectivity index (χ4v) is 10.2. The molecule has 0 aromatic heterocycles. The SMILES string of the molecule is CCOC(CCOP(N)(=O)N(CCCl)CCCl)O[C@H]1CCC2C3CCC4=CC(=O)CC[C@]4(C)C3CC[C@@]21C. The van der Waals surface area contributed by atoms with Crippen molar-refractivity contribution >= 4 is 36.7 Å². The summed E-state index contributed by atoms with van der Waals surface area (Å²) in [7, 11) is -3.49. The van der Waals surface area contributed by atoms with Gasteiger partial charge in [0.2, 0.25) is 0 Å². The molecule has 4 aliphatic carbocycles. The topological polar surface area (TPSA) is 91.1 Å². The number of nitrogens with zero attached hydrogens (tertiary/aromatic N) is 1. The molecular weight excluding hydrogens is 546 g/mol. The number of ether oxygens (including phenoxy) is 2. The van der Waals surface area contributed by atoms with Crippen molar-refractivity contribution in [1.82, 2.24) is 4.67 Å². The quantitative estimate of drug-likeness (QED) is 0.148. The predicted octanol–water partition coefficient (Wildman–Crippen LogP) is 6.52. The van der Waals surface area contributed by atoms with E-state index in [0.29, 0.717) is 67.8 Å². The summed E-state index contributed by atoms with van der Waals surface area (Å²) in [6, 6.07) is 0. The minimum atomic E-state index is -3.49. The largest absolute Gasteiger partial charge is 0.353 e. The lowest BCUT2D eigenvalue weighted by atomic mass is 9.47. The van der Waals surface area contributed by atoms with E-state index in [-0.39, 0.29) is 23.5 Å². The molecule has 0 heterocycles. The van der Waals surface area contributed by atoms with Crippen molar-refractivity contribution in [1.29, 1.82) is 0 Å². The van der Waals surface area contributed by atoms with Crippen LogP contribution < -0.4 is 5.50 Å². The lowest BCUT2D eigenvalue weighted by Gasteiger charge is -2.58. The molecule has 4 aliphatic rings. The van der Waals surface area contributed by atoms with Gasteiger partial charge in [-0.1, -0.05) is 19.4 Å². The van der Waals surface area contributed by atoms with E-state index in [1.165, 1.54) is 29.5 Å².